The molecule has 0 saturated carbocycles. The normalized spacial score (nSPS) is 12.8. The van der Waals surface area contributed by atoms with Gasteiger partial charge in [-0.15, -0.1) is 11.3 Å². The summed E-state index contributed by atoms with van der Waals surface area (Å²) in [5, 5.41) is 15.8. The number of nitrogens with one attached hydrogen (secondary N) is 1. The molecule has 0 unspecified atom stereocenters. The Balaban J connectivity index is 1.75. The molecule has 8 heteroatoms. The van der Waals surface area contributed by atoms with Crippen LogP contribution in [0.4, 0.5) is 10.1 Å². The first-order valence-electron chi connectivity index (χ1n) is 8.90. The van der Waals surface area contributed by atoms with E-state index < -0.39 is 11.0 Å². The van der Waals surface area contributed by atoms with Gasteiger partial charge in [0.1, 0.15) is 11.6 Å². The molecule has 6 nitrogen and oxygen atoms in total. The quantitative estimate of drug-likeness (QED) is 0.430. The second kappa shape index (κ2) is 8.83. The van der Waals surface area contributed by atoms with Crippen LogP contribution >= 0.6 is 11.3 Å². The number of carbonyl (C=O) groups excluding carboxylic acids is 1. The number of nitro benzene ring substituents is 1. The number of carbonyl (C=O) groups is 1. The zero-order chi connectivity index (χ0) is 21.0. The summed E-state index contributed by atoms with van der Waals surface area (Å²) in [6.45, 7) is 3.40. The van der Waals surface area contributed by atoms with Crippen molar-refractivity contribution in [1.82, 2.24) is 5.32 Å². The minimum Gasteiger partial charge on any atom is -0.480 e. The molecule has 150 valence electrons. The van der Waals surface area contributed by atoms with Gasteiger partial charge in [0.25, 0.3) is 11.6 Å². The van der Waals surface area contributed by atoms with Crippen LogP contribution in [0.2, 0.25) is 0 Å². The fourth-order valence-corrected chi connectivity index (χ4v) is 3.52. The number of halogens is 1. The Morgan fingerprint density at radius 1 is 1.17 bits per heavy atom. The number of amides is 1. The van der Waals surface area contributed by atoms with E-state index in [2.05, 4.69) is 5.32 Å². The van der Waals surface area contributed by atoms with Crippen molar-refractivity contribution in [2.45, 2.75) is 26.0 Å². The third kappa shape index (κ3) is 4.97. The molecule has 2 atom stereocenters. The molecule has 29 heavy (non-hydrogen) atoms. The summed E-state index contributed by atoms with van der Waals surface area (Å²) >= 11 is 1.42. The SMILES string of the molecule is C[C@H](Oc1ccc([N+](=O)[O-])cc1-c1cccs1)C(=O)N[C@H](C)c1ccc(F)cc1. The van der Waals surface area contributed by atoms with E-state index >= 15 is 0 Å². The van der Waals surface area contributed by atoms with E-state index in [1.807, 2.05) is 17.5 Å². The Labute approximate surface area is 171 Å². The zero-order valence-electron chi connectivity index (χ0n) is 15.8. The number of ether oxygens (including phenoxy) is 1. The number of hydrogen-bond acceptors (Lipinski definition) is 5. The van der Waals surface area contributed by atoms with Crippen LogP contribution in [0, 0.1) is 15.9 Å². The highest BCUT2D eigenvalue weighted by Crippen LogP contribution is 2.36. The first kappa shape index (κ1) is 20.5. The van der Waals surface area contributed by atoms with Crippen molar-refractivity contribution in [3.05, 3.63) is 81.5 Å². The number of benzene rings is 2. The van der Waals surface area contributed by atoms with Crippen LogP contribution in [-0.2, 0) is 4.79 Å². The third-order valence-corrected chi connectivity index (χ3v) is 5.27. The molecular weight excluding hydrogens is 395 g/mol. The molecule has 0 spiro atoms. The summed E-state index contributed by atoms with van der Waals surface area (Å²) < 4.78 is 18.9. The largest absolute Gasteiger partial charge is 0.480 e. The number of thiophene rings is 1. The molecule has 3 aromatic rings. The Morgan fingerprint density at radius 3 is 2.52 bits per heavy atom. The lowest BCUT2D eigenvalue weighted by Crippen LogP contribution is -2.37. The predicted molar refractivity (Wildman–Crippen MR) is 109 cm³/mol. The highest BCUT2D eigenvalue weighted by atomic mass is 32.1. The lowest BCUT2D eigenvalue weighted by atomic mass is 10.1. The number of nitro groups is 1. The van der Waals surface area contributed by atoms with Gasteiger partial charge in [0.2, 0.25) is 0 Å². The molecule has 0 aliphatic heterocycles. The average Bonchev–Trinajstić information content (AvgIpc) is 3.23. The zero-order valence-corrected chi connectivity index (χ0v) is 16.6. The molecule has 1 aromatic heterocycles. The van der Waals surface area contributed by atoms with Crippen molar-refractivity contribution in [2.75, 3.05) is 0 Å². The topological polar surface area (TPSA) is 81.5 Å². The van der Waals surface area contributed by atoms with E-state index in [0.717, 1.165) is 10.4 Å². The fourth-order valence-electron chi connectivity index (χ4n) is 2.77. The van der Waals surface area contributed by atoms with Crippen molar-refractivity contribution in [3.63, 3.8) is 0 Å². The second-order valence-electron chi connectivity index (χ2n) is 6.46. The first-order valence-corrected chi connectivity index (χ1v) is 9.78. The second-order valence-corrected chi connectivity index (χ2v) is 7.40. The fraction of sp³-hybridized carbons (Fsp3) is 0.190. The van der Waals surface area contributed by atoms with E-state index in [1.54, 1.807) is 26.0 Å². The minimum atomic E-state index is -0.835. The maximum Gasteiger partial charge on any atom is 0.270 e. The van der Waals surface area contributed by atoms with E-state index in [1.165, 1.54) is 41.7 Å². The summed E-state index contributed by atoms with van der Waals surface area (Å²) in [6.07, 6.45) is -0.835. The van der Waals surface area contributed by atoms with Crippen LogP contribution in [0.25, 0.3) is 10.4 Å². The standard InChI is InChI=1S/C21H19FN2O4S/c1-13(15-5-7-16(22)8-6-15)23-21(25)14(2)28-19-10-9-17(24(26)27)12-18(19)20-4-3-11-29-20/h3-14H,1-2H3,(H,23,25)/t13-,14+/m1/s1. The van der Waals surface area contributed by atoms with E-state index in [0.29, 0.717) is 11.3 Å². The Morgan fingerprint density at radius 2 is 1.90 bits per heavy atom. The van der Waals surface area contributed by atoms with Gasteiger partial charge in [0.05, 0.1) is 11.0 Å². The van der Waals surface area contributed by atoms with Crippen LogP contribution < -0.4 is 10.1 Å². The minimum absolute atomic E-state index is 0.0530. The molecule has 1 amide bonds. The monoisotopic (exact) mass is 414 g/mol. The smallest absolute Gasteiger partial charge is 0.270 e. The van der Waals surface area contributed by atoms with Crippen molar-refractivity contribution in [3.8, 4) is 16.2 Å². The Kier molecular flexibility index (Phi) is 6.23. The molecule has 0 saturated heterocycles. The van der Waals surface area contributed by atoms with Crippen LogP contribution in [0.15, 0.2) is 60.0 Å². The first-order chi connectivity index (χ1) is 13.8. The van der Waals surface area contributed by atoms with E-state index in [4.69, 9.17) is 4.74 Å². The van der Waals surface area contributed by atoms with Crippen LogP contribution in [0.3, 0.4) is 0 Å². The number of nitrogens with zero attached hydrogens (tertiary/aromatic N) is 1. The van der Waals surface area contributed by atoms with Crippen molar-refractivity contribution >= 4 is 22.9 Å². The molecule has 1 N–H and O–H groups in total. The molecule has 3 rings (SSSR count). The van der Waals surface area contributed by atoms with Gasteiger partial charge in [-0.05, 0) is 49.1 Å². The highest BCUT2D eigenvalue weighted by molar-refractivity contribution is 7.13. The lowest BCUT2D eigenvalue weighted by Gasteiger charge is -2.20. The van der Waals surface area contributed by atoms with Gasteiger partial charge in [0, 0.05) is 22.6 Å². The van der Waals surface area contributed by atoms with E-state index in [9.17, 15) is 19.3 Å². The average molecular weight is 414 g/mol. The Hall–Kier alpha value is -3.26. The number of non-ortho nitro benzene ring substituents is 1. The van der Waals surface area contributed by atoms with Gasteiger partial charge in [-0.1, -0.05) is 18.2 Å². The summed E-state index contributed by atoms with van der Waals surface area (Å²) in [5.74, 6) is -0.310. The van der Waals surface area contributed by atoms with Gasteiger partial charge in [-0.2, -0.15) is 0 Å². The van der Waals surface area contributed by atoms with Crippen LogP contribution in [0.1, 0.15) is 25.5 Å². The molecule has 0 bridgehead atoms. The molecule has 0 fully saturated rings. The van der Waals surface area contributed by atoms with Gasteiger partial charge >= 0.3 is 0 Å². The highest BCUT2D eigenvalue weighted by Gasteiger charge is 2.21. The van der Waals surface area contributed by atoms with Crippen molar-refractivity contribution in [1.29, 1.82) is 0 Å². The van der Waals surface area contributed by atoms with Gasteiger partial charge in [-0.25, -0.2) is 4.39 Å². The van der Waals surface area contributed by atoms with Gasteiger partial charge in [-0.3, -0.25) is 14.9 Å². The summed E-state index contributed by atoms with van der Waals surface area (Å²) in [5.41, 5.74) is 1.27. The summed E-state index contributed by atoms with van der Waals surface area (Å²) in [4.78, 5) is 24.0. The lowest BCUT2D eigenvalue weighted by molar-refractivity contribution is -0.384. The van der Waals surface area contributed by atoms with Crippen molar-refractivity contribution < 1.29 is 18.8 Å². The summed E-state index contributed by atoms with van der Waals surface area (Å²) in [7, 11) is 0. The molecular formula is C21H19FN2O4S. The molecule has 0 aliphatic rings. The van der Waals surface area contributed by atoms with Crippen LogP contribution in [-0.4, -0.2) is 16.9 Å². The van der Waals surface area contributed by atoms with Gasteiger partial charge < -0.3 is 10.1 Å². The van der Waals surface area contributed by atoms with Gasteiger partial charge in [0.15, 0.2) is 6.10 Å². The molecule has 0 aliphatic carbocycles. The Bertz CT molecular complexity index is 1010. The molecule has 2 aromatic carbocycles. The maximum absolute atomic E-state index is 13.1. The number of hydrogen-bond donors (Lipinski definition) is 1. The van der Waals surface area contributed by atoms with Crippen LogP contribution in [0.5, 0.6) is 5.75 Å². The molecule has 1 heterocycles. The van der Waals surface area contributed by atoms with Crippen molar-refractivity contribution in [2.24, 2.45) is 0 Å². The maximum atomic E-state index is 13.1. The van der Waals surface area contributed by atoms with E-state index in [-0.39, 0.29) is 23.5 Å². The predicted octanol–water partition coefficient (Wildman–Crippen LogP) is 5.11. The summed E-state index contributed by atoms with van der Waals surface area (Å²) in [6, 6.07) is 13.5. The molecule has 0 radical (unpaired) electrons. The number of rotatable bonds is 7. The third-order valence-electron chi connectivity index (χ3n) is 4.36.